The van der Waals surface area contributed by atoms with Crippen LogP contribution in [0.5, 0.6) is 0 Å². The molecule has 2 aromatic heterocycles. The molecule has 1 saturated carbocycles. The van der Waals surface area contributed by atoms with E-state index in [0.717, 1.165) is 35.7 Å². The number of hydrogen-bond acceptors (Lipinski definition) is 5. The fraction of sp³-hybridized carbons (Fsp3) is 0.476. The van der Waals surface area contributed by atoms with Crippen LogP contribution in [0.25, 0.3) is 11.0 Å². The average Bonchev–Trinajstić information content (AvgIpc) is 3.47. The molecule has 5 rings (SSSR count). The highest BCUT2D eigenvalue weighted by Crippen LogP contribution is 2.43. The molecule has 0 spiro atoms. The van der Waals surface area contributed by atoms with Crippen molar-refractivity contribution in [2.45, 2.75) is 57.9 Å². The normalized spacial score (nSPS) is 17.8. The van der Waals surface area contributed by atoms with E-state index in [1.807, 2.05) is 18.7 Å². The van der Waals surface area contributed by atoms with Crippen LogP contribution >= 0.6 is 11.6 Å². The number of fused-ring (bicyclic) bond motifs is 3. The molecule has 1 N–H and O–H groups in total. The summed E-state index contributed by atoms with van der Waals surface area (Å²) < 4.78 is 41.7. The van der Waals surface area contributed by atoms with Crippen LogP contribution in [0.15, 0.2) is 12.1 Å². The Morgan fingerprint density at radius 1 is 1.10 bits per heavy atom. The summed E-state index contributed by atoms with van der Waals surface area (Å²) in [6.45, 7) is 4.94. The first-order valence-corrected chi connectivity index (χ1v) is 10.6. The van der Waals surface area contributed by atoms with E-state index in [4.69, 9.17) is 11.6 Å². The predicted octanol–water partition coefficient (Wildman–Crippen LogP) is 5.11. The van der Waals surface area contributed by atoms with Crippen LogP contribution in [0, 0.1) is 13.8 Å². The second-order valence-corrected chi connectivity index (χ2v) is 8.63. The third kappa shape index (κ3) is 3.34. The summed E-state index contributed by atoms with van der Waals surface area (Å²) in [5.41, 5.74) is 2.65. The lowest BCUT2D eigenvalue weighted by molar-refractivity contribution is -0.206. The molecule has 0 radical (unpaired) electrons. The molecule has 0 amide bonds. The van der Waals surface area contributed by atoms with E-state index in [1.54, 1.807) is 4.57 Å². The molecule has 0 saturated heterocycles. The topological polar surface area (TPSA) is 67.1 Å². The summed E-state index contributed by atoms with van der Waals surface area (Å²) >= 11 is 6.30. The van der Waals surface area contributed by atoms with Gasteiger partial charge in [0.25, 0.3) is 0 Å². The minimum absolute atomic E-state index is 0.211. The molecule has 3 aromatic rings. The van der Waals surface area contributed by atoms with Gasteiger partial charge in [-0.25, -0.2) is 15.0 Å². The van der Waals surface area contributed by atoms with Crippen LogP contribution in [0.3, 0.4) is 0 Å². The summed E-state index contributed by atoms with van der Waals surface area (Å²) in [5.74, 6) is 1.75. The zero-order chi connectivity index (χ0) is 22.1. The molecule has 1 aromatic carbocycles. The standard InChI is InChI=1S/C21H21ClF3N5O/c1-10-16(11(2)27-19(26-10)12-4-5-12)29-8-3-9-30-17-13(18(31)21(23,24)25)6-7-14(22)15(17)28-20(29)30/h6-7,12,18,31H,3-5,8-9H2,1-2H3. The zero-order valence-electron chi connectivity index (χ0n) is 17.0. The molecule has 1 aliphatic heterocycles. The van der Waals surface area contributed by atoms with E-state index < -0.39 is 12.3 Å². The third-order valence-corrected chi connectivity index (χ3v) is 6.23. The van der Waals surface area contributed by atoms with Gasteiger partial charge >= 0.3 is 6.18 Å². The Morgan fingerprint density at radius 3 is 2.39 bits per heavy atom. The molecule has 164 valence electrons. The number of alkyl halides is 3. The molecule has 1 unspecified atom stereocenters. The Balaban J connectivity index is 1.69. The van der Waals surface area contributed by atoms with Crippen molar-refractivity contribution >= 4 is 34.3 Å². The Hall–Kier alpha value is -2.39. The first-order chi connectivity index (χ1) is 14.7. The van der Waals surface area contributed by atoms with Gasteiger partial charge in [-0.05, 0) is 39.2 Å². The Kier molecular flexibility index (Phi) is 4.67. The van der Waals surface area contributed by atoms with E-state index in [9.17, 15) is 18.3 Å². The van der Waals surface area contributed by atoms with Crippen LogP contribution in [0.1, 0.15) is 54.1 Å². The fourth-order valence-electron chi connectivity index (χ4n) is 4.39. The van der Waals surface area contributed by atoms with Gasteiger partial charge in [0.15, 0.2) is 6.10 Å². The van der Waals surface area contributed by atoms with Gasteiger partial charge < -0.3 is 14.6 Å². The number of aromatic nitrogens is 4. The number of rotatable bonds is 3. The van der Waals surface area contributed by atoms with Gasteiger partial charge in [0, 0.05) is 24.6 Å². The maximum Gasteiger partial charge on any atom is 0.418 e. The lowest BCUT2D eigenvalue weighted by atomic mass is 10.1. The van der Waals surface area contributed by atoms with Crippen molar-refractivity contribution in [1.82, 2.24) is 19.5 Å². The van der Waals surface area contributed by atoms with Gasteiger partial charge in [0.05, 0.1) is 27.6 Å². The van der Waals surface area contributed by atoms with Crippen molar-refractivity contribution in [2.75, 3.05) is 11.4 Å². The SMILES string of the molecule is Cc1nc(C2CC2)nc(C)c1N1CCCn2c1nc1c(Cl)ccc(C(O)C(F)(F)F)c12. The second kappa shape index (κ2) is 7.06. The van der Waals surface area contributed by atoms with Crippen LogP contribution in [-0.4, -0.2) is 37.3 Å². The number of imidazole rings is 1. The Labute approximate surface area is 181 Å². The molecule has 6 nitrogen and oxygen atoms in total. The van der Waals surface area contributed by atoms with Crippen LogP contribution < -0.4 is 4.90 Å². The van der Waals surface area contributed by atoms with Crippen LogP contribution in [-0.2, 0) is 6.54 Å². The fourth-order valence-corrected chi connectivity index (χ4v) is 4.58. The van der Waals surface area contributed by atoms with Crippen molar-refractivity contribution in [1.29, 1.82) is 0 Å². The van der Waals surface area contributed by atoms with E-state index in [2.05, 4.69) is 15.0 Å². The zero-order valence-corrected chi connectivity index (χ0v) is 17.8. The highest BCUT2D eigenvalue weighted by atomic mass is 35.5. The number of anilines is 2. The monoisotopic (exact) mass is 451 g/mol. The lowest BCUT2D eigenvalue weighted by Crippen LogP contribution is -2.30. The van der Waals surface area contributed by atoms with Crippen molar-refractivity contribution < 1.29 is 18.3 Å². The van der Waals surface area contributed by atoms with Gasteiger partial charge in [0.2, 0.25) is 5.95 Å². The van der Waals surface area contributed by atoms with E-state index in [1.165, 1.54) is 12.1 Å². The van der Waals surface area contributed by atoms with Crippen molar-refractivity contribution in [3.63, 3.8) is 0 Å². The number of hydrogen-bond donors (Lipinski definition) is 1. The van der Waals surface area contributed by atoms with Crippen LogP contribution in [0.2, 0.25) is 5.02 Å². The van der Waals surface area contributed by atoms with Gasteiger partial charge in [0.1, 0.15) is 11.3 Å². The largest absolute Gasteiger partial charge is 0.418 e. The van der Waals surface area contributed by atoms with Crippen molar-refractivity contribution in [3.8, 4) is 0 Å². The molecule has 1 aliphatic carbocycles. The molecule has 0 bridgehead atoms. The van der Waals surface area contributed by atoms with E-state index >= 15 is 0 Å². The summed E-state index contributed by atoms with van der Waals surface area (Å²) in [6, 6.07) is 2.57. The van der Waals surface area contributed by atoms with Gasteiger partial charge in [-0.3, -0.25) is 0 Å². The molecule has 31 heavy (non-hydrogen) atoms. The highest BCUT2D eigenvalue weighted by Gasteiger charge is 2.42. The number of aliphatic hydroxyl groups is 1. The van der Waals surface area contributed by atoms with Gasteiger partial charge in [-0.15, -0.1) is 0 Å². The first-order valence-electron chi connectivity index (χ1n) is 10.2. The maximum atomic E-state index is 13.3. The highest BCUT2D eigenvalue weighted by molar-refractivity contribution is 6.35. The third-order valence-electron chi connectivity index (χ3n) is 5.93. The molecular formula is C21H21ClF3N5O. The number of halogens is 4. The molecule has 1 atom stereocenters. The van der Waals surface area contributed by atoms with Crippen molar-refractivity contribution in [3.05, 3.63) is 39.9 Å². The van der Waals surface area contributed by atoms with Crippen molar-refractivity contribution in [2.24, 2.45) is 0 Å². The van der Waals surface area contributed by atoms with Gasteiger partial charge in [-0.1, -0.05) is 17.7 Å². The minimum Gasteiger partial charge on any atom is -0.379 e. The summed E-state index contributed by atoms with van der Waals surface area (Å²) in [7, 11) is 0. The first kappa shape index (κ1) is 20.5. The maximum absolute atomic E-state index is 13.3. The molecule has 3 heterocycles. The number of benzene rings is 1. The van der Waals surface area contributed by atoms with E-state index in [-0.39, 0.29) is 21.6 Å². The lowest BCUT2D eigenvalue weighted by Gasteiger charge is -2.31. The minimum atomic E-state index is -4.79. The Bertz CT molecular complexity index is 1160. The van der Waals surface area contributed by atoms with Gasteiger partial charge in [-0.2, -0.15) is 13.2 Å². The number of aliphatic hydroxyl groups excluding tert-OH is 1. The molecule has 2 aliphatic rings. The summed E-state index contributed by atoms with van der Waals surface area (Å²) in [6.07, 6.45) is -4.52. The second-order valence-electron chi connectivity index (χ2n) is 8.22. The Morgan fingerprint density at radius 2 is 1.77 bits per heavy atom. The van der Waals surface area contributed by atoms with Crippen LogP contribution in [0.4, 0.5) is 24.8 Å². The summed E-state index contributed by atoms with van der Waals surface area (Å²) in [5, 5.41) is 10.2. The number of nitrogens with zero attached hydrogens (tertiary/aromatic N) is 5. The summed E-state index contributed by atoms with van der Waals surface area (Å²) in [4.78, 5) is 15.9. The quantitative estimate of drug-likeness (QED) is 0.599. The number of aryl methyl sites for hydroxylation is 3. The smallest absolute Gasteiger partial charge is 0.379 e. The van der Waals surface area contributed by atoms with E-state index in [0.29, 0.717) is 31.4 Å². The predicted molar refractivity (Wildman–Crippen MR) is 111 cm³/mol. The molecule has 1 fully saturated rings. The molecule has 10 heteroatoms. The molecular weight excluding hydrogens is 431 g/mol. The average molecular weight is 452 g/mol.